The van der Waals surface area contributed by atoms with Crippen LogP contribution >= 0.6 is 11.3 Å². The maximum Gasteiger partial charge on any atom is 0.272 e. The van der Waals surface area contributed by atoms with Crippen LogP contribution in [0.2, 0.25) is 0 Å². The number of thiazole rings is 1. The second-order valence-corrected chi connectivity index (χ2v) is 6.12. The third-order valence-corrected chi connectivity index (χ3v) is 4.48. The lowest BCUT2D eigenvalue weighted by Gasteiger charge is -1.95. The fraction of sp³-hybridized carbons (Fsp3) is 0.111. The van der Waals surface area contributed by atoms with E-state index in [-0.39, 0.29) is 5.91 Å². The predicted octanol–water partition coefficient (Wildman–Crippen LogP) is 3.69. The molecule has 0 unspecified atom stereocenters. The van der Waals surface area contributed by atoms with E-state index >= 15 is 0 Å². The normalized spacial score (nSPS) is 12.4. The van der Waals surface area contributed by atoms with E-state index < -0.39 is 0 Å². The van der Waals surface area contributed by atoms with Crippen LogP contribution < -0.4 is 4.80 Å². The number of hydrogen-bond donors (Lipinski definition) is 0. The SMILES string of the molecule is Cc1ccc2c(c1)sc(=NC(=O)C=Cc1ccccc1)n2C. The summed E-state index contributed by atoms with van der Waals surface area (Å²) in [5, 5.41) is 0. The van der Waals surface area contributed by atoms with Crippen LogP contribution in [0, 0.1) is 6.92 Å². The number of carbonyl (C=O) groups excluding carboxylic acids is 1. The summed E-state index contributed by atoms with van der Waals surface area (Å²) in [6, 6.07) is 16.0. The first-order valence-electron chi connectivity index (χ1n) is 7.01. The van der Waals surface area contributed by atoms with Gasteiger partial charge in [-0.1, -0.05) is 47.7 Å². The second kappa shape index (κ2) is 6.12. The van der Waals surface area contributed by atoms with Gasteiger partial charge in [0.2, 0.25) is 0 Å². The first-order valence-corrected chi connectivity index (χ1v) is 7.83. The molecule has 4 heteroatoms. The highest BCUT2D eigenvalue weighted by Gasteiger charge is 2.03. The van der Waals surface area contributed by atoms with Gasteiger partial charge in [0.05, 0.1) is 10.2 Å². The van der Waals surface area contributed by atoms with Gasteiger partial charge >= 0.3 is 0 Å². The van der Waals surface area contributed by atoms with E-state index in [2.05, 4.69) is 30.1 Å². The fourth-order valence-electron chi connectivity index (χ4n) is 2.21. The Morgan fingerprint density at radius 1 is 1.18 bits per heavy atom. The Hall–Kier alpha value is -2.46. The number of hydrogen-bond acceptors (Lipinski definition) is 2. The van der Waals surface area contributed by atoms with E-state index in [1.807, 2.05) is 41.9 Å². The van der Waals surface area contributed by atoms with Crippen molar-refractivity contribution >= 4 is 33.5 Å². The molecule has 2 aromatic carbocycles. The fourth-order valence-corrected chi connectivity index (χ4v) is 3.33. The number of nitrogens with zero attached hydrogens (tertiary/aromatic N) is 2. The molecule has 1 amide bonds. The quantitative estimate of drug-likeness (QED) is 0.665. The summed E-state index contributed by atoms with van der Waals surface area (Å²) in [6.45, 7) is 2.06. The zero-order valence-electron chi connectivity index (χ0n) is 12.5. The summed E-state index contributed by atoms with van der Waals surface area (Å²) in [7, 11) is 1.93. The van der Waals surface area contributed by atoms with E-state index in [0.29, 0.717) is 4.80 Å². The van der Waals surface area contributed by atoms with Crippen LogP contribution in [0.4, 0.5) is 0 Å². The first-order chi connectivity index (χ1) is 10.6. The van der Waals surface area contributed by atoms with Gasteiger partial charge in [0.15, 0.2) is 4.80 Å². The molecule has 0 aliphatic heterocycles. The molecule has 1 aromatic heterocycles. The summed E-state index contributed by atoms with van der Waals surface area (Å²) in [5.74, 6) is -0.247. The minimum Gasteiger partial charge on any atom is -0.319 e. The van der Waals surface area contributed by atoms with Crippen molar-refractivity contribution in [2.24, 2.45) is 12.0 Å². The Kier molecular flexibility index (Phi) is 4.02. The van der Waals surface area contributed by atoms with Gasteiger partial charge in [0.1, 0.15) is 0 Å². The van der Waals surface area contributed by atoms with Crippen molar-refractivity contribution in [3.8, 4) is 0 Å². The molecule has 0 radical (unpaired) electrons. The maximum atomic E-state index is 12.0. The zero-order valence-corrected chi connectivity index (χ0v) is 13.3. The van der Waals surface area contributed by atoms with Crippen molar-refractivity contribution in [3.05, 3.63) is 70.5 Å². The van der Waals surface area contributed by atoms with Gasteiger partial charge in [-0.05, 0) is 36.3 Å². The van der Waals surface area contributed by atoms with Crippen molar-refractivity contribution in [3.63, 3.8) is 0 Å². The van der Waals surface area contributed by atoms with Gasteiger partial charge in [-0.3, -0.25) is 4.79 Å². The van der Waals surface area contributed by atoms with Crippen LogP contribution in [-0.4, -0.2) is 10.5 Å². The van der Waals surface area contributed by atoms with Crippen molar-refractivity contribution in [1.29, 1.82) is 0 Å². The summed E-state index contributed by atoms with van der Waals surface area (Å²) in [5.41, 5.74) is 3.28. The highest BCUT2D eigenvalue weighted by atomic mass is 32.1. The molecule has 0 atom stereocenters. The van der Waals surface area contributed by atoms with Crippen molar-refractivity contribution in [2.45, 2.75) is 6.92 Å². The lowest BCUT2D eigenvalue weighted by Crippen LogP contribution is -2.12. The number of fused-ring (bicyclic) bond motifs is 1. The Labute approximate surface area is 132 Å². The van der Waals surface area contributed by atoms with E-state index in [1.54, 1.807) is 6.08 Å². The first kappa shape index (κ1) is 14.5. The highest BCUT2D eigenvalue weighted by Crippen LogP contribution is 2.17. The molecule has 0 aliphatic carbocycles. The Morgan fingerprint density at radius 2 is 1.95 bits per heavy atom. The van der Waals surface area contributed by atoms with Gasteiger partial charge in [0, 0.05) is 13.1 Å². The molecule has 0 saturated heterocycles. The number of carbonyl (C=O) groups is 1. The molecule has 0 N–H and O–H groups in total. The minimum absolute atomic E-state index is 0.247. The maximum absolute atomic E-state index is 12.0. The van der Waals surface area contributed by atoms with Gasteiger partial charge in [-0.2, -0.15) is 4.99 Å². The number of rotatable bonds is 2. The number of aromatic nitrogens is 1. The van der Waals surface area contributed by atoms with E-state index in [1.165, 1.54) is 23.0 Å². The molecule has 0 saturated carbocycles. The molecule has 3 rings (SSSR count). The summed E-state index contributed by atoms with van der Waals surface area (Å²) in [4.78, 5) is 16.9. The minimum atomic E-state index is -0.247. The molecular formula is C18H16N2OS. The van der Waals surface area contributed by atoms with E-state index in [4.69, 9.17) is 0 Å². The smallest absolute Gasteiger partial charge is 0.272 e. The van der Waals surface area contributed by atoms with E-state index in [9.17, 15) is 4.79 Å². The second-order valence-electron chi connectivity index (χ2n) is 5.11. The molecule has 0 spiro atoms. The third-order valence-electron chi connectivity index (χ3n) is 3.39. The topological polar surface area (TPSA) is 34.4 Å². The standard InChI is InChI=1S/C18H16N2OS/c1-13-8-10-15-16(12-13)22-18(20(15)2)19-17(21)11-9-14-6-4-3-5-7-14/h3-12H,1-2H3. The summed E-state index contributed by atoms with van der Waals surface area (Å²) < 4.78 is 3.09. The lowest BCUT2D eigenvalue weighted by atomic mass is 10.2. The zero-order chi connectivity index (χ0) is 15.5. The summed E-state index contributed by atoms with van der Waals surface area (Å²) >= 11 is 1.53. The lowest BCUT2D eigenvalue weighted by molar-refractivity contribution is -0.113. The predicted molar refractivity (Wildman–Crippen MR) is 91.6 cm³/mol. The van der Waals surface area contributed by atoms with Crippen molar-refractivity contribution in [1.82, 2.24) is 4.57 Å². The Balaban J connectivity index is 1.93. The van der Waals surface area contributed by atoms with Crippen molar-refractivity contribution in [2.75, 3.05) is 0 Å². The Morgan fingerprint density at radius 3 is 2.73 bits per heavy atom. The third kappa shape index (κ3) is 3.07. The van der Waals surface area contributed by atoms with Crippen LogP contribution in [0.5, 0.6) is 0 Å². The largest absolute Gasteiger partial charge is 0.319 e. The molecule has 110 valence electrons. The van der Waals surface area contributed by atoms with Gasteiger partial charge in [-0.25, -0.2) is 0 Å². The Bertz CT molecular complexity index is 917. The average Bonchev–Trinajstić information content (AvgIpc) is 2.82. The number of aryl methyl sites for hydroxylation is 2. The summed E-state index contributed by atoms with van der Waals surface area (Å²) in [6.07, 6.45) is 3.29. The van der Waals surface area contributed by atoms with Crippen molar-refractivity contribution < 1.29 is 4.79 Å². The van der Waals surface area contributed by atoms with Crippen LogP contribution in [0.25, 0.3) is 16.3 Å². The van der Waals surface area contributed by atoms with E-state index in [0.717, 1.165) is 15.8 Å². The van der Waals surface area contributed by atoms with Gasteiger partial charge < -0.3 is 4.57 Å². The molecule has 0 bridgehead atoms. The van der Waals surface area contributed by atoms with Gasteiger partial charge in [-0.15, -0.1) is 0 Å². The molecule has 3 nitrogen and oxygen atoms in total. The van der Waals surface area contributed by atoms with Crippen LogP contribution in [0.15, 0.2) is 59.6 Å². The number of benzene rings is 2. The monoisotopic (exact) mass is 308 g/mol. The molecular weight excluding hydrogens is 292 g/mol. The van der Waals surface area contributed by atoms with Gasteiger partial charge in [0.25, 0.3) is 5.91 Å². The molecule has 0 aliphatic rings. The highest BCUT2D eigenvalue weighted by molar-refractivity contribution is 7.16. The molecule has 3 aromatic rings. The molecule has 0 fully saturated rings. The van der Waals surface area contributed by atoms with Crippen LogP contribution in [0.3, 0.4) is 0 Å². The number of amides is 1. The van der Waals surface area contributed by atoms with Crippen LogP contribution in [-0.2, 0) is 11.8 Å². The molecule has 22 heavy (non-hydrogen) atoms. The van der Waals surface area contributed by atoms with Crippen LogP contribution in [0.1, 0.15) is 11.1 Å². The average molecular weight is 308 g/mol. The molecule has 1 heterocycles.